The molecule has 0 unspecified atom stereocenters. The van der Waals surface area contributed by atoms with Crippen LogP contribution in [-0.2, 0) is 24.4 Å². The molecule has 0 aromatic carbocycles. The van der Waals surface area contributed by atoms with Crippen molar-refractivity contribution < 1.29 is 4.74 Å². The third-order valence-corrected chi connectivity index (χ3v) is 3.22. The molecule has 0 spiro atoms. The highest BCUT2D eigenvalue weighted by Crippen LogP contribution is 2.29. The monoisotopic (exact) mass is 222 g/mol. The molecule has 16 heavy (non-hydrogen) atoms. The fourth-order valence-electron chi connectivity index (χ4n) is 2.02. The summed E-state index contributed by atoms with van der Waals surface area (Å²) in [6, 6.07) is 0. The lowest BCUT2D eigenvalue weighted by atomic mass is 10.3. The summed E-state index contributed by atoms with van der Waals surface area (Å²) in [5, 5.41) is 11.8. The fourth-order valence-corrected chi connectivity index (χ4v) is 2.02. The van der Waals surface area contributed by atoms with E-state index in [9.17, 15) is 0 Å². The van der Waals surface area contributed by atoms with E-state index in [-0.39, 0.29) is 0 Å². The highest BCUT2D eigenvalue weighted by molar-refractivity contribution is 5.09. The van der Waals surface area contributed by atoms with Gasteiger partial charge < -0.3 is 10.1 Å². The van der Waals surface area contributed by atoms with Crippen LogP contribution in [-0.4, -0.2) is 28.1 Å². The van der Waals surface area contributed by atoms with Crippen LogP contribution in [0.4, 0.5) is 0 Å². The van der Waals surface area contributed by atoms with E-state index in [0.29, 0.717) is 6.61 Å². The number of rotatable bonds is 4. The maximum atomic E-state index is 5.67. The first-order chi connectivity index (χ1) is 7.93. The maximum Gasteiger partial charge on any atom is 0.113 e. The Labute approximate surface area is 95.2 Å². The third-order valence-electron chi connectivity index (χ3n) is 3.22. The SMILES string of the molecule is C1CNCc2c(COCC3CC3)nnn2C1. The second-order valence-electron chi connectivity index (χ2n) is 4.69. The van der Waals surface area contributed by atoms with Crippen LogP contribution in [0.3, 0.4) is 0 Å². The second kappa shape index (κ2) is 4.51. The summed E-state index contributed by atoms with van der Waals surface area (Å²) in [4.78, 5) is 0. The highest BCUT2D eigenvalue weighted by atomic mass is 16.5. The molecule has 5 nitrogen and oxygen atoms in total. The zero-order valence-corrected chi connectivity index (χ0v) is 9.48. The highest BCUT2D eigenvalue weighted by Gasteiger charge is 2.22. The van der Waals surface area contributed by atoms with E-state index >= 15 is 0 Å². The van der Waals surface area contributed by atoms with Crippen molar-refractivity contribution in [1.82, 2.24) is 20.3 Å². The minimum atomic E-state index is 0.619. The van der Waals surface area contributed by atoms with E-state index < -0.39 is 0 Å². The van der Waals surface area contributed by atoms with E-state index in [1.165, 1.54) is 18.5 Å². The van der Waals surface area contributed by atoms with Gasteiger partial charge in [0, 0.05) is 19.7 Å². The van der Waals surface area contributed by atoms with Crippen molar-refractivity contribution in [3.05, 3.63) is 11.4 Å². The molecule has 1 saturated carbocycles. The van der Waals surface area contributed by atoms with E-state index in [2.05, 4.69) is 15.6 Å². The van der Waals surface area contributed by atoms with Crippen LogP contribution in [0, 0.1) is 5.92 Å². The number of aryl methyl sites for hydroxylation is 1. The van der Waals surface area contributed by atoms with Gasteiger partial charge in [-0.3, -0.25) is 0 Å². The molecule has 0 amide bonds. The number of fused-ring (bicyclic) bond motifs is 1. The normalized spacial score (nSPS) is 20.5. The van der Waals surface area contributed by atoms with Gasteiger partial charge in [0.2, 0.25) is 0 Å². The molecule has 1 fully saturated rings. The average Bonchev–Trinajstić information content (AvgIpc) is 3.06. The van der Waals surface area contributed by atoms with Gasteiger partial charge in [-0.15, -0.1) is 5.10 Å². The molecule has 2 aliphatic rings. The lowest BCUT2D eigenvalue weighted by molar-refractivity contribution is 0.108. The van der Waals surface area contributed by atoms with Gasteiger partial charge in [-0.2, -0.15) is 0 Å². The van der Waals surface area contributed by atoms with Crippen molar-refractivity contribution in [3.8, 4) is 0 Å². The molecular weight excluding hydrogens is 204 g/mol. The van der Waals surface area contributed by atoms with Crippen molar-refractivity contribution in [2.24, 2.45) is 5.92 Å². The molecule has 2 heterocycles. The van der Waals surface area contributed by atoms with Crippen LogP contribution in [0.1, 0.15) is 30.7 Å². The Morgan fingerprint density at radius 3 is 3.25 bits per heavy atom. The summed E-state index contributed by atoms with van der Waals surface area (Å²) in [5.74, 6) is 0.812. The van der Waals surface area contributed by atoms with Gasteiger partial charge >= 0.3 is 0 Å². The Kier molecular flexibility index (Phi) is 2.88. The van der Waals surface area contributed by atoms with E-state index in [1.54, 1.807) is 0 Å². The Balaban J connectivity index is 1.62. The van der Waals surface area contributed by atoms with Gasteiger partial charge in [0.25, 0.3) is 0 Å². The molecule has 3 rings (SSSR count). The van der Waals surface area contributed by atoms with Gasteiger partial charge in [-0.1, -0.05) is 5.21 Å². The van der Waals surface area contributed by atoms with Crippen LogP contribution in [0.5, 0.6) is 0 Å². The number of ether oxygens (including phenoxy) is 1. The number of hydrogen-bond donors (Lipinski definition) is 1. The second-order valence-corrected chi connectivity index (χ2v) is 4.69. The summed E-state index contributed by atoms with van der Waals surface area (Å²) < 4.78 is 7.67. The largest absolute Gasteiger partial charge is 0.375 e. The number of nitrogens with zero attached hydrogens (tertiary/aromatic N) is 3. The van der Waals surface area contributed by atoms with Crippen LogP contribution < -0.4 is 5.32 Å². The predicted octanol–water partition coefficient (Wildman–Crippen LogP) is 0.698. The lowest BCUT2D eigenvalue weighted by Crippen LogP contribution is -2.14. The molecule has 1 aliphatic heterocycles. The minimum absolute atomic E-state index is 0.619. The summed E-state index contributed by atoms with van der Waals surface area (Å²) in [5.41, 5.74) is 2.21. The van der Waals surface area contributed by atoms with Crippen LogP contribution in [0.15, 0.2) is 0 Å². The Morgan fingerprint density at radius 2 is 2.38 bits per heavy atom. The summed E-state index contributed by atoms with van der Waals surface area (Å²) in [7, 11) is 0. The molecule has 1 aromatic heterocycles. The average molecular weight is 222 g/mol. The quantitative estimate of drug-likeness (QED) is 0.814. The van der Waals surface area contributed by atoms with Gasteiger partial charge in [0.05, 0.1) is 12.3 Å². The first-order valence-electron chi connectivity index (χ1n) is 6.13. The zero-order chi connectivity index (χ0) is 10.8. The van der Waals surface area contributed by atoms with Crippen molar-refractivity contribution in [2.45, 2.75) is 39.0 Å². The van der Waals surface area contributed by atoms with Gasteiger partial charge in [0.15, 0.2) is 0 Å². The van der Waals surface area contributed by atoms with Gasteiger partial charge in [-0.25, -0.2) is 4.68 Å². The molecule has 0 saturated heterocycles. The predicted molar refractivity (Wildman–Crippen MR) is 58.7 cm³/mol. The topological polar surface area (TPSA) is 52.0 Å². The van der Waals surface area contributed by atoms with E-state index in [1.807, 2.05) is 4.68 Å². The van der Waals surface area contributed by atoms with Crippen LogP contribution in [0.2, 0.25) is 0 Å². The minimum Gasteiger partial charge on any atom is -0.375 e. The fraction of sp³-hybridized carbons (Fsp3) is 0.818. The summed E-state index contributed by atoms with van der Waals surface area (Å²) in [6.45, 7) is 4.41. The molecular formula is C11H18N4O. The Morgan fingerprint density at radius 1 is 1.44 bits per heavy atom. The van der Waals surface area contributed by atoms with Gasteiger partial charge in [0.1, 0.15) is 5.69 Å². The van der Waals surface area contributed by atoms with Crippen molar-refractivity contribution in [1.29, 1.82) is 0 Å². The first kappa shape index (κ1) is 10.2. The standard InChI is InChI=1S/C11H18N4O/c1-4-12-6-11-10(13-14-15(11)5-1)8-16-7-9-2-3-9/h9,12H,1-8H2. The zero-order valence-electron chi connectivity index (χ0n) is 9.48. The summed E-state index contributed by atoms with van der Waals surface area (Å²) >= 11 is 0. The Hall–Kier alpha value is -0.940. The molecule has 0 atom stereocenters. The third kappa shape index (κ3) is 2.25. The molecule has 1 aliphatic carbocycles. The van der Waals surface area contributed by atoms with Crippen molar-refractivity contribution >= 4 is 0 Å². The molecule has 0 radical (unpaired) electrons. The number of aromatic nitrogens is 3. The molecule has 5 heteroatoms. The maximum absolute atomic E-state index is 5.67. The summed E-state index contributed by atoms with van der Waals surface area (Å²) in [6.07, 6.45) is 3.79. The van der Waals surface area contributed by atoms with E-state index in [4.69, 9.17) is 4.74 Å². The Bertz CT molecular complexity index is 359. The number of hydrogen-bond acceptors (Lipinski definition) is 4. The lowest BCUT2D eigenvalue weighted by Gasteiger charge is -2.04. The molecule has 1 N–H and O–H groups in total. The van der Waals surface area contributed by atoms with Crippen molar-refractivity contribution in [2.75, 3.05) is 13.2 Å². The van der Waals surface area contributed by atoms with E-state index in [0.717, 1.165) is 44.3 Å². The van der Waals surface area contributed by atoms with Crippen molar-refractivity contribution in [3.63, 3.8) is 0 Å². The molecule has 88 valence electrons. The molecule has 1 aromatic rings. The molecule has 0 bridgehead atoms. The van der Waals surface area contributed by atoms with Crippen LogP contribution in [0.25, 0.3) is 0 Å². The smallest absolute Gasteiger partial charge is 0.113 e. The van der Waals surface area contributed by atoms with Gasteiger partial charge in [-0.05, 0) is 31.7 Å². The first-order valence-corrected chi connectivity index (χ1v) is 6.13. The van der Waals surface area contributed by atoms with Crippen LogP contribution >= 0.6 is 0 Å². The number of nitrogens with one attached hydrogen (secondary N) is 1.